The maximum absolute atomic E-state index is 12.0. The van der Waals surface area contributed by atoms with E-state index in [1.165, 1.54) is 0 Å². The Kier molecular flexibility index (Phi) is 4.94. The first kappa shape index (κ1) is 16.3. The van der Waals surface area contributed by atoms with Crippen LogP contribution >= 0.6 is 0 Å². The number of rotatable bonds is 4. The second-order valence-corrected chi connectivity index (χ2v) is 8.26. The van der Waals surface area contributed by atoms with Crippen LogP contribution in [0.15, 0.2) is 29.2 Å². The van der Waals surface area contributed by atoms with Gasteiger partial charge in [-0.2, -0.15) is 0 Å². The normalized spacial score (nSPS) is 23.9. The Morgan fingerprint density at radius 1 is 1.19 bits per heavy atom. The lowest BCUT2D eigenvalue weighted by Gasteiger charge is -2.24. The maximum Gasteiger partial charge on any atom is 0.178 e. The summed E-state index contributed by atoms with van der Waals surface area (Å²) in [5.74, 6) is 0.193. The molecule has 0 amide bonds. The van der Waals surface area contributed by atoms with Crippen LogP contribution in [-0.4, -0.2) is 38.0 Å². The van der Waals surface area contributed by atoms with E-state index in [2.05, 4.69) is 4.90 Å². The minimum absolute atomic E-state index is 0.193. The number of hydrogen-bond donors (Lipinski definition) is 1. The molecule has 1 N–H and O–H groups in total. The average Bonchev–Trinajstić information content (AvgIpc) is 2.60. The zero-order chi connectivity index (χ0) is 15.5. The molecular weight excluding hydrogens is 286 g/mol. The van der Waals surface area contributed by atoms with Crippen LogP contribution in [-0.2, 0) is 9.84 Å². The van der Waals surface area contributed by atoms with Gasteiger partial charge in [-0.1, -0.05) is 6.92 Å². The summed E-state index contributed by atoms with van der Waals surface area (Å²) in [7, 11) is -3.14. The van der Waals surface area contributed by atoms with Crippen LogP contribution in [0.4, 0.5) is 5.69 Å². The van der Waals surface area contributed by atoms with Gasteiger partial charge in [0.25, 0.3) is 0 Å². The van der Waals surface area contributed by atoms with Crippen molar-refractivity contribution in [3.8, 4) is 0 Å². The summed E-state index contributed by atoms with van der Waals surface area (Å²) in [6.07, 6.45) is 3.13. The highest BCUT2D eigenvalue weighted by molar-refractivity contribution is 7.91. The van der Waals surface area contributed by atoms with E-state index in [1.54, 1.807) is 12.1 Å². The third-order valence-corrected chi connectivity index (χ3v) is 6.03. The fraction of sp³-hybridized carbons (Fsp3) is 0.625. The highest BCUT2D eigenvalue weighted by Gasteiger charge is 2.25. The summed E-state index contributed by atoms with van der Waals surface area (Å²) >= 11 is 0. The van der Waals surface area contributed by atoms with Gasteiger partial charge < -0.3 is 10.0 Å². The minimum atomic E-state index is -3.14. The molecule has 1 aromatic rings. The Morgan fingerprint density at radius 3 is 2.48 bits per heavy atom. The molecule has 0 radical (unpaired) electrons. The highest BCUT2D eigenvalue weighted by atomic mass is 32.2. The Morgan fingerprint density at radius 2 is 1.86 bits per heavy atom. The number of sulfone groups is 1. The quantitative estimate of drug-likeness (QED) is 0.928. The van der Waals surface area contributed by atoms with E-state index in [0.717, 1.165) is 38.0 Å². The van der Waals surface area contributed by atoms with Crippen molar-refractivity contribution in [2.75, 3.05) is 23.7 Å². The molecular formula is C16H25NO3S. The molecule has 0 aliphatic carbocycles. The molecule has 0 aromatic heterocycles. The zero-order valence-corrected chi connectivity index (χ0v) is 13.7. The zero-order valence-electron chi connectivity index (χ0n) is 12.9. The molecule has 0 spiro atoms. The van der Waals surface area contributed by atoms with Crippen LogP contribution in [0.2, 0.25) is 0 Å². The lowest BCUT2D eigenvalue weighted by Crippen LogP contribution is -2.28. The predicted octanol–water partition coefficient (Wildman–Crippen LogP) is 2.61. The molecule has 4 nitrogen and oxygen atoms in total. The van der Waals surface area contributed by atoms with Crippen molar-refractivity contribution in [3.05, 3.63) is 24.3 Å². The molecule has 118 valence electrons. The highest BCUT2D eigenvalue weighted by Crippen LogP contribution is 2.26. The summed E-state index contributed by atoms with van der Waals surface area (Å²) in [4.78, 5) is 2.62. The van der Waals surface area contributed by atoms with E-state index in [9.17, 15) is 13.5 Å². The predicted molar refractivity (Wildman–Crippen MR) is 85.5 cm³/mol. The first-order valence-electron chi connectivity index (χ1n) is 7.64. The fourth-order valence-electron chi connectivity index (χ4n) is 2.77. The molecule has 1 atom stereocenters. The molecule has 1 unspecified atom stereocenters. The monoisotopic (exact) mass is 311 g/mol. The molecule has 1 aliphatic heterocycles. The molecule has 0 saturated carbocycles. The van der Waals surface area contributed by atoms with Crippen LogP contribution in [0.1, 0.15) is 39.5 Å². The summed E-state index contributed by atoms with van der Waals surface area (Å²) < 4.78 is 24.0. The van der Waals surface area contributed by atoms with Crippen molar-refractivity contribution in [2.45, 2.75) is 50.0 Å². The van der Waals surface area contributed by atoms with Gasteiger partial charge in [-0.05, 0) is 56.9 Å². The molecule has 1 heterocycles. The summed E-state index contributed by atoms with van der Waals surface area (Å²) in [5.41, 5.74) is 0.447. The molecule has 0 bridgehead atoms. The van der Waals surface area contributed by atoms with E-state index in [4.69, 9.17) is 0 Å². The number of benzene rings is 1. The van der Waals surface area contributed by atoms with Gasteiger partial charge in [0.2, 0.25) is 0 Å². The van der Waals surface area contributed by atoms with Crippen molar-refractivity contribution in [1.29, 1.82) is 0 Å². The Bertz CT molecular complexity index is 564. The number of hydrogen-bond acceptors (Lipinski definition) is 4. The van der Waals surface area contributed by atoms with Crippen molar-refractivity contribution < 1.29 is 13.5 Å². The van der Waals surface area contributed by atoms with Gasteiger partial charge in [-0.3, -0.25) is 0 Å². The Balaban J connectivity index is 2.12. The topological polar surface area (TPSA) is 57.6 Å². The number of anilines is 1. The fourth-order valence-corrected chi connectivity index (χ4v) is 4.10. The lowest BCUT2D eigenvalue weighted by molar-refractivity contribution is 0.0481. The second-order valence-electron chi connectivity index (χ2n) is 6.15. The largest absolute Gasteiger partial charge is 0.390 e. The Hall–Kier alpha value is -1.07. The van der Waals surface area contributed by atoms with Gasteiger partial charge in [0.15, 0.2) is 9.84 Å². The van der Waals surface area contributed by atoms with Crippen LogP contribution < -0.4 is 4.90 Å². The van der Waals surface area contributed by atoms with Crippen molar-refractivity contribution in [2.24, 2.45) is 0 Å². The van der Waals surface area contributed by atoms with Gasteiger partial charge in [-0.25, -0.2) is 8.42 Å². The first-order valence-corrected chi connectivity index (χ1v) is 9.29. The summed E-state index contributed by atoms with van der Waals surface area (Å²) in [6.45, 7) is 5.46. The molecule has 21 heavy (non-hydrogen) atoms. The van der Waals surface area contributed by atoms with E-state index >= 15 is 0 Å². The van der Waals surface area contributed by atoms with E-state index in [1.807, 2.05) is 26.0 Å². The van der Waals surface area contributed by atoms with Crippen LogP contribution in [0.3, 0.4) is 0 Å². The Labute approximate surface area is 127 Å². The molecule has 2 rings (SSSR count). The smallest absolute Gasteiger partial charge is 0.178 e. The summed E-state index contributed by atoms with van der Waals surface area (Å²) in [5, 5.41) is 10.1. The minimum Gasteiger partial charge on any atom is -0.390 e. The first-order chi connectivity index (χ1) is 9.84. The molecule has 1 fully saturated rings. The van der Waals surface area contributed by atoms with Gasteiger partial charge in [0, 0.05) is 18.8 Å². The van der Waals surface area contributed by atoms with Crippen molar-refractivity contribution in [1.82, 2.24) is 0 Å². The maximum atomic E-state index is 12.0. The van der Waals surface area contributed by atoms with Gasteiger partial charge in [0.05, 0.1) is 16.2 Å². The van der Waals surface area contributed by atoms with Gasteiger partial charge >= 0.3 is 0 Å². The lowest BCUT2D eigenvalue weighted by atomic mass is 9.98. The molecule has 5 heteroatoms. The van der Waals surface area contributed by atoms with Crippen LogP contribution in [0, 0.1) is 0 Å². The summed E-state index contributed by atoms with van der Waals surface area (Å²) in [6, 6.07) is 7.15. The van der Waals surface area contributed by atoms with E-state index < -0.39 is 15.4 Å². The van der Waals surface area contributed by atoms with Gasteiger partial charge in [-0.15, -0.1) is 0 Å². The third kappa shape index (κ3) is 4.20. The third-order valence-electron chi connectivity index (χ3n) is 4.10. The average molecular weight is 311 g/mol. The van der Waals surface area contributed by atoms with Crippen LogP contribution in [0.25, 0.3) is 0 Å². The van der Waals surface area contributed by atoms with E-state index in [-0.39, 0.29) is 5.75 Å². The molecule has 1 saturated heterocycles. The van der Waals surface area contributed by atoms with Crippen molar-refractivity contribution in [3.63, 3.8) is 0 Å². The standard InChI is InChI=1S/C16H25NO3S/c1-3-13-21(19,20)15-7-5-14(6-8-15)17-11-4-9-16(2,18)10-12-17/h5-8,18H,3-4,9-13H2,1-2H3. The van der Waals surface area contributed by atoms with Gasteiger partial charge in [0.1, 0.15) is 0 Å². The molecule has 1 aromatic carbocycles. The van der Waals surface area contributed by atoms with E-state index in [0.29, 0.717) is 11.3 Å². The number of aliphatic hydroxyl groups is 1. The molecule has 1 aliphatic rings. The number of nitrogens with zero attached hydrogens (tertiary/aromatic N) is 1. The second kappa shape index (κ2) is 6.36. The van der Waals surface area contributed by atoms with Crippen LogP contribution in [0.5, 0.6) is 0 Å². The SMILES string of the molecule is CCCS(=O)(=O)c1ccc(N2CCCC(C)(O)CC2)cc1. The van der Waals surface area contributed by atoms with Crippen molar-refractivity contribution >= 4 is 15.5 Å².